The Balaban J connectivity index is 1.14. The summed E-state index contributed by atoms with van der Waals surface area (Å²) in [6.07, 6.45) is 3.88. The van der Waals surface area contributed by atoms with E-state index in [0.29, 0.717) is 5.69 Å². The highest BCUT2D eigenvalue weighted by Gasteiger charge is 2.19. The van der Waals surface area contributed by atoms with E-state index in [4.69, 9.17) is 9.47 Å². The first-order valence-electron chi connectivity index (χ1n) is 14.4. The van der Waals surface area contributed by atoms with Gasteiger partial charge in [0.1, 0.15) is 5.52 Å². The lowest BCUT2D eigenvalue weighted by Crippen LogP contribution is -2.18. The number of carbonyl (C=O) groups excluding carboxylic acids is 1. The first kappa shape index (κ1) is 30.2. The van der Waals surface area contributed by atoms with Crippen LogP contribution in [0.3, 0.4) is 0 Å². The summed E-state index contributed by atoms with van der Waals surface area (Å²) in [5.74, 6) is 1.05. The quantitative estimate of drug-likeness (QED) is 0.0657. The zero-order valence-electron chi connectivity index (χ0n) is 24.6. The molecule has 5 rings (SSSR count). The minimum Gasteiger partial charge on any atom is -0.493 e. The maximum Gasteiger partial charge on any atom is 0.293 e. The van der Waals surface area contributed by atoms with Gasteiger partial charge in [0.25, 0.3) is 11.6 Å². The van der Waals surface area contributed by atoms with Crippen molar-refractivity contribution in [1.29, 1.82) is 0 Å². The maximum absolute atomic E-state index is 13.2. The van der Waals surface area contributed by atoms with Gasteiger partial charge in [0.2, 0.25) is 0 Å². The number of aryl methyl sites for hydroxylation is 1. The molecule has 0 fully saturated rings. The molecular weight excluding hydrogens is 560 g/mol. The molecule has 226 valence electrons. The SMILES string of the molecule is COc1ccc(CCNCCCCc2ccc(NC(=O)c3cccc4c(=O)c5cccc([N+](=O)[O-])c5[nH]c34)cc2)cc1OC. The largest absolute Gasteiger partial charge is 0.493 e. The first-order chi connectivity index (χ1) is 21.4. The summed E-state index contributed by atoms with van der Waals surface area (Å²) in [5, 5.41) is 18.4. The Labute approximate surface area is 254 Å². The second-order valence-corrected chi connectivity index (χ2v) is 10.4. The number of nitrogens with zero attached hydrogens (tertiary/aromatic N) is 1. The number of benzene rings is 4. The number of para-hydroxylation sites is 2. The molecule has 0 atom stereocenters. The fraction of sp³-hybridized carbons (Fsp3) is 0.235. The zero-order chi connectivity index (χ0) is 31.1. The van der Waals surface area contributed by atoms with Gasteiger partial charge in [-0.05, 0) is 92.4 Å². The van der Waals surface area contributed by atoms with Crippen molar-refractivity contribution in [3.05, 3.63) is 116 Å². The van der Waals surface area contributed by atoms with E-state index < -0.39 is 10.8 Å². The second kappa shape index (κ2) is 13.8. The van der Waals surface area contributed by atoms with E-state index in [1.54, 1.807) is 32.4 Å². The fourth-order valence-electron chi connectivity index (χ4n) is 5.27. The molecule has 0 spiro atoms. The van der Waals surface area contributed by atoms with E-state index in [1.807, 2.05) is 42.5 Å². The van der Waals surface area contributed by atoms with Gasteiger partial charge in [-0.3, -0.25) is 19.7 Å². The van der Waals surface area contributed by atoms with Gasteiger partial charge in [-0.15, -0.1) is 0 Å². The summed E-state index contributed by atoms with van der Waals surface area (Å²) in [6, 6.07) is 22.8. The van der Waals surface area contributed by atoms with Gasteiger partial charge in [0, 0.05) is 17.1 Å². The topological polar surface area (TPSA) is 136 Å². The molecule has 0 saturated heterocycles. The van der Waals surface area contributed by atoms with Crippen LogP contribution in [0.4, 0.5) is 11.4 Å². The molecule has 0 aliphatic carbocycles. The van der Waals surface area contributed by atoms with Gasteiger partial charge in [-0.2, -0.15) is 0 Å². The number of unbranched alkanes of at least 4 members (excludes halogenated alkanes) is 1. The minimum absolute atomic E-state index is 0.0905. The summed E-state index contributed by atoms with van der Waals surface area (Å²) in [7, 11) is 3.27. The Bertz CT molecular complexity index is 1870. The average molecular weight is 595 g/mol. The molecule has 0 aliphatic rings. The number of ether oxygens (including phenoxy) is 2. The number of hydrogen-bond donors (Lipinski definition) is 3. The number of anilines is 1. The molecule has 5 aromatic rings. The predicted octanol–water partition coefficient (Wildman–Crippen LogP) is 6.01. The number of aromatic amines is 1. The van der Waals surface area contributed by atoms with Crippen molar-refractivity contribution in [3.8, 4) is 11.5 Å². The second-order valence-electron chi connectivity index (χ2n) is 10.4. The van der Waals surface area contributed by atoms with E-state index in [0.717, 1.165) is 50.3 Å². The third-order valence-corrected chi connectivity index (χ3v) is 7.61. The van der Waals surface area contributed by atoms with Crippen molar-refractivity contribution in [2.45, 2.75) is 25.7 Å². The van der Waals surface area contributed by atoms with Gasteiger partial charge >= 0.3 is 0 Å². The number of aromatic nitrogens is 1. The Kier molecular flexibility index (Phi) is 9.51. The van der Waals surface area contributed by atoms with E-state index >= 15 is 0 Å². The summed E-state index contributed by atoms with van der Waals surface area (Å²) < 4.78 is 10.7. The minimum atomic E-state index is -0.549. The number of pyridine rings is 1. The van der Waals surface area contributed by atoms with Crippen LogP contribution in [0, 0.1) is 10.1 Å². The number of nitro groups is 1. The lowest BCUT2D eigenvalue weighted by atomic mass is 10.0. The molecule has 10 nitrogen and oxygen atoms in total. The Morgan fingerprint density at radius 1 is 0.818 bits per heavy atom. The Morgan fingerprint density at radius 2 is 1.52 bits per heavy atom. The number of nitrogens with one attached hydrogen (secondary N) is 3. The molecule has 1 heterocycles. The number of non-ortho nitro benzene ring substituents is 1. The van der Waals surface area contributed by atoms with Crippen LogP contribution in [0.1, 0.15) is 34.3 Å². The highest BCUT2D eigenvalue weighted by atomic mass is 16.6. The van der Waals surface area contributed by atoms with Gasteiger partial charge < -0.3 is 25.1 Å². The van der Waals surface area contributed by atoms with Crippen LogP contribution in [-0.2, 0) is 12.8 Å². The Morgan fingerprint density at radius 3 is 2.25 bits per heavy atom. The van der Waals surface area contributed by atoms with Crippen molar-refractivity contribution >= 4 is 39.1 Å². The molecule has 44 heavy (non-hydrogen) atoms. The molecule has 0 unspecified atom stereocenters. The molecule has 1 amide bonds. The molecule has 4 aromatic carbocycles. The smallest absolute Gasteiger partial charge is 0.293 e. The van der Waals surface area contributed by atoms with Crippen molar-refractivity contribution in [3.63, 3.8) is 0 Å². The summed E-state index contributed by atoms with van der Waals surface area (Å²) in [4.78, 5) is 40.3. The number of carbonyl (C=O) groups is 1. The molecule has 3 N–H and O–H groups in total. The van der Waals surface area contributed by atoms with Crippen LogP contribution in [-0.4, -0.2) is 43.1 Å². The zero-order valence-corrected chi connectivity index (χ0v) is 24.6. The van der Waals surface area contributed by atoms with E-state index in [-0.39, 0.29) is 38.5 Å². The highest BCUT2D eigenvalue weighted by Crippen LogP contribution is 2.28. The number of amides is 1. The summed E-state index contributed by atoms with van der Waals surface area (Å²) >= 11 is 0. The van der Waals surface area contributed by atoms with Gasteiger partial charge in [0.15, 0.2) is 16.9 Å². The van der Waals surface area contributed by atoms with Crippen LogP contribution < -0.4 is 25.5 Å². The van der Waals surface area contributed by atoms with Crippen molar-refractivity contribution in [2.75, 3.05) is 32.6 Å². The average Bonchev–Trinajstić information content (AvgIpc) is 3.04. The van der Waals surface area contributed by atoms with Crippen molar-refractivity contribution < 1.29 is 19.2 Å². The molecule has 0 radical (unpaired) electrons. The molecule has 0 saturated carbocycles. The monoisotopic (exact) mass is 594 g/mol. The van der Waals surface area contributed by atoms with Crippen LogP contribution in [0.2, 0.25) is 0 Å². The Hall–Kier alpha value is -5.22. The van der Waals surface area contributed by atoms with Crippen LogP contribution in [0.15, 0.2) is 83.7 Å². The van der Waals surface area contributed by atoms with Crippen LogP contribution in [0.25, 0.3) is 21.8 Å². The molecule has 10 heteroatoms. The predicted molar refractivity (Wildman–Crippen MR) is 172 cm³/mol. The standard InChI is InChI=1S/C34H34N4O6/c1-43-29-17-14-23(21-30(29)44-2)18-20-35-19-4-3-7-22-12-15-24(16-13-22)36-34(40)27-10-5-8-25-31(27)37-32-26(33(25)39)9-6-11-28(32)38(41)42/h5-6,8-17,21,35H,3-4,7,18-20H2,1-2H3,(H,36,40)(H,37,39). The number of rotatable bonds is 13. The summed E-state index contributed by atoms with van der Waals surface area (Å²) in [5.41, 5.74) is 2.94. The third-order valence-electron chi connectivity index (χ3n) is 7.61. The first-order valence-corrected chi connectivity index (χ1v) is 14.4. The maximum atomic E-state index is 13.2. The lowest BCUT2D eigenvalue weighted by molar-refractivity contribution is -0.383. The molecular formula is C34H34N4O6. The van der Waals surface area contributed by atoms with Crippen LogP contribution >= 0.6 is 0 Å². The van der Waals surface area contributed by atoms with Crippen molar-refractivity contribution in [1.82, 2.24) is 10.3 Å². The fourth-order valence-corrected chi connectivity index (χ4v) is 5.27. The van der Waals surface area contributed by atoms with Gasteiger partial charge in [0.05, 0.1) is 35.6 Å². The van der Waals surface area contributed by atoms with E-state index in [1.165, 1.54) is 29.3 Å². The molecule has 0 aliphatic heterocycles. The summed E-state index contributed by atoms with van der Waals surface area (Å²) in [6.45, 7) is 1.80. The van der Waals surface area contributed by atoms with Gasteiger partial charge in [-0.25, -0.2) is 0 Å². The number of nitro benzene ring substituents is 1. The van der Waals surface area contributed by atoms with Crippen LogP contribution in [0.5, 0.6) is 11.5 Å². The number of fused-ring (bicyclic) bond motifs is 2. The number of hydrogen-bond acceptors (Lipinski definition) is 7. The molecule has 0 bridgehead atoms. The number of H-pyrrole nitrogens is 1. The van der Waals surface area contributed by atoms with E-state index in [9.17, 15) is 19.7 Å². The lowest BCUT2D eigenvalue weighted by Gasteiger charge is -2.11. The normalized spacial score (nSPS) is 11.0. The highest BCUT2D eigenvalue weighted by molar-refractivity contribution is 6.13. The van der Waals surface area contributed by atoms with Crippen molar-refractivity contribution in [2.24, 2.45) is 0 Å². The third kappa shape index (κ3) is 6.71. The van der Waals surface area contributed by atoms with E-state index in [2.05, 4.69) is 15.6 Å². The van der Waals surface area contributed by atoms with Gasteiger partial charge in [-0.1, -0.05) is 30.3 Å². The number of methoxy groups -OCH3 is 2. The molecule has 1 aromatic heterocycles.